The van der Waals surface area contributed by atoms with Crippen LogP contribution in [0.5, 0.6) is 11.5 Å². The van der Waals surface area contributed by atoms with Gasteiger partial charge in [-0.15, -0.1) is 0 Å². The highest BCUT2D eigenvalue weighted by atomic mass is 16.7. The van der Waals surface area contributed by atoms with Gasteiger partial charge in [0.2, 0.25) is 6.79 Å². The SMILES string of the molecule is O=C(c1ccc(N[C@H]2c3ccccc3C(=O)N2Cc2ccc3c(c2)OCO3)cc1)N1CCC(n2c(=O)[nH]c3ccccc32)CC1. The van der Waals surface area contributed by atoms with Gasteiger partial charge >= 0.3 is 5.69 Å². The van der Waals surface area contributed by atoms with Crippen LogP contribution in [0.4, 0.5) is 5.69 Å². The Morgan fingerprint density at radius 1 is 0.867 bits per heavy atom. The number of hydrogen-bond donors (Lipinski definition) is 2. The standard InChI is InChI=1S/C35H31N5O5/c41-33(38-17-15-25(16-18-38)40-29-8-4-3-7-28(29)37-35(40)43)23-10-12-24(13-11-23)36-32-26-5-1-2-6-27(26)34(42)39(32)20-22-9-14-30-31(19-22)45-21-44-30/h1-14,19,25,32,36H,15-18,20-21H2,(H,37,43)/t32-/m1/s1. The lowest BCUT2D eigenvalue weighted by Gasteiger charge is -2.32. The van der Waals surface area contributed by atoms with E-state index in [0.717, 1.165) is 27.8 Å². The largest absolute Gasteiger partial charge is 0.454 e. The van der Waals surface area contributed by atoms with Gasteiger partial charge in [-0.25, -0.2) is 4.79 Å². The van der Waals surface area contributed by atoms with Crippen LogP contribution in [-0.4, -0.2) is 51.0 Å². The fourth-order valence-electron chi connectivity index (χ4n) is 6.74. The summed E-state index contributed by atoms with van der Waals surface area (Å²) >= 11 is 0. The first-order valence-corrected chi connectivity index (χ1v) is 15.2. The molecule has 1 atom stereocenters. The molecule has 2 amide bonds. The molecule has 8 rings (SSSR count). The second-order valence-corrected chi connectivity index (χ2v) is 11.7. The molecule has 0 bridgehead atoms. The summed E-state index contributed by atoms with van der Waals surface area (Å²) < 4.78 is 12.8. The Hall–Kier alpha value is -5.51. The van der Waals surface area contributed by atoms with E-state index in [4.69, 9.17) is 9.47 Å². The number of benzene rings is 4. The third-order valence-corrected chi connectivity index (χ3v) is 9.02. The van der Waals surface area contributed by atoms with E-state index >= 15 is 0 Å². The van der Waals surface area contributed by atoms with Gasteiger partial charge in [0.15, 0.2) is 11.5 Å². The van der Waals surface area contributed by atoms with Crippen LogP contribution in [0.25, 0.3) is 11.0 Å². The molecule has 0 spiro atoms. The van der Waals surface area contributed by atoms with Crippen molar-refractivity contribution in [3.63, 3.8) is 0 Å². The first-order valence-electron chi connectivity index (χ1n) is 15.2. The van der Waals surface area contributed by atoms with E-state index in [2.05, 4.69) is 10.3 Å². The zero-order valence-corrected chi connectivity index (χ0v) is 24.4. The minimum absolute atomic E-state index is 0.0305. The molecule has 3 aliphatic rings. The maximum absolute atomic E-state index is 13.5. The number of fused-ring (bicyclic) bond motifs is 3. The van der Waals surface area contributed by atoms with E-state index < -0.39 is 0 Å². The van der Waals surface area contributed by atoms with Crippen LogP contribution < -0.4 is 20.5 Å². The highest BCUT2D eigenvalue weighted by Gasteiger charge is 2.37. The third-order valence-electron chi connectivity index (χ3n) is 9.02. The molecule has 1 fully saturated rings. The van der Waals surface area contributed by atoms with Crippen LogP contribution in [0.15, 0.2) is 95.8 Å². The highest BCUT2D eigenvalue weighted by Crippen LogP contribution is 2.38. The molecule has 0 radical (unpaired) electrons. The van der Waals surface area contributed by atoms with Crippen LogP contribution in [-0.2, 0) is 6.54 Å². The second kappa shape index (κ2) is 10.9. The number of rotatable bonds is 6. The van der Waals surface area contributed by atoms with E-state index in [1.807, 2.05) is 105 Å². The summed E-state index contributed by atoms with van der Waals surface area (Å²) in [6, 6.07) is 28.5. The number of aromatic amines is 1. The molecule has 10 heteroatoms. The third kappa shape index (κ3) is 4.79. The molecule has 0 aliphatic carbocycles. The van der Waals surface area contributed by atoms with Crippen LogP contribution in [0, 0.1) is 0 Å². The van der Waals surface area contributed by atoms with Crippen LogP contribution in [0.3, 0.4) is 0 Å². The van der Waals surface area contributed by atoms with E-state index in [1.165, 1.54) is 0 Å². The summed E-state index contributed by atoms with van der Waals surface area (Å²) in [5.41, 5.74) is 5.53. The average Bonchev–Trinajstić information content (AvgIpc) is 3.75. The molecule has 0 saturated carbocycles. The molecule has 3 aliphatic heterocycles. The van der Waals surface area contributed by atoms with Gasteiger partial charge < -0.3 is 29.6 Å². The predicted octanol–water partition coefficient (Wildman–Crippen LogP) is 5.30. The lowest BCUT2D eigenvalue weighted by molar-refractivity contribution is 0.0694. The van der Waals surface area contributed by atoms with Crippen molar-refractivity contribution in [2.24, 2.45) is 0 Å². The smallest absolute Gasteiger partial charge is 0.326 e. The minimum atomic E-state index is -0.382. The number of H-pyrrole nitrogens is 1. The van der Waals surface area contributed by atoms with Crippen molar-refractivity contribution < 1.29 is 19.1 Å². The van der Waals surface area contributed by atoms with E-state index in [-0.39, 0.29) is 36.5 Å². The van der Waals surface area contributed by atoms with Gasteiger partial charge in [-0.3, -0.25) is 14.2 Å². The molecule has 4 aromatic carbocycles. The van der Waals surface area contributed by atoms with Crippen molar-refractivity contribution in [1.29, 1.82) is 0 Å². The number of nitrogens with one attached hydrogen (secondary N) is 2. The molecule has 5 aromatic rings. The van der Waals surface area contributed by atoms with Crippen LogP contribution in [0.1, 0.15) is 56.9 Å². The zero-order chi connectivity index (χ0) is 30.5. The maximum atomic E-state index is 13.5. The van der Waals surface area contributed by atoms with Crippen molar-refractivity contribution in [3.8, 4) is 11.5 Å². The molecule has 45 heavy (non-hydrogen) atoms. The topological polar surface area (TPSA) is 109 Å². The molecule has 1 aromatic heterocycles. The van der Waals surface area contributed by atoms with Crippen molar-refractivity contribution in [2.45, 2.75) is 31.6 Å². The normalized spacial score (nSPS) is 17.6. The van der Waals surface area contributed by atoms with E-state index in [1.54, 1.807) is 0 Å². The van der Waals surface area contributed by atoms with Gasteiger partial charge in [0, 0.05) is 48.1 Å². The summed E-state index contributed by atoms with van der Waals surface area (Å²) in [5, 5.41) is 3.53. The fraction of sp³-hybridized carbons (Fsp3) is 0.229. The number of amides is 2. The lowest BCUT2D eigenvalue weighted by atomic mass is 10.0. The number of likely N-dealkylation sites (tertiary alicyclic amines) is 1. The Bertz CT molecular complexity index is 1990. The number of hydrogen-bond acceptors (Lipinski definition) is 6. The number of piperidine rings is 1. The van der Waals surface area contributed by atoms with Gasteiger partial charge in [-0.2, -0.15) is 0 Å². The number of nitrogens with zero attached hydrogens (tertiary/aromatic N) is 3. The number of aromatic nitrogens is 2. The molecule has 0 unspecified atom stereocenters. The fourth-order valence-corrected chi connectivity index (χ4v) is 6.74. The van der Waals surface area contributed by atoms with Crippen LogP contribution >= 0.6 is 0 Å². The van der Waals surface area contributed by atoms with Gasteiger partial charge in [0.1, 0.15) is 6.17 Å². The molecule has 4 heterocycles. The molecular formula is C35H31N5O5. The van der Waals surface area contributed by atoms with Gasteiger partial charge in [0.05, 0.1) is 11.0 Å². The number of carbonyl (C=O) groups excluding carboxylic acids is 2. The summed E-state index contributed by atoms with van der Waals surface area (Å²) in [5.74, 6) is 1.30. The number of ether oxygens (including phenoxy) is 2. The Labute approximate surface area is 258 Å². The van der Waals surface area contributed by atoms with Crippen LogP contribution in [0.2, 0.25) is 0 Å². The highest BCUT2D eigenvalue weighted by molar-refractivity contribution is 5.99. The Morgan fingerprint density at radius 2 is 1.62 bits per heavy atom. The molecule has 2 N–H and O–H groups in total. The first-order chi connectivity index (χ1) is 22.0. The number of anilines is 1. The van der Waals surface area contributed by atoms with Gasteiger partial charge in [-0.05, 0) is 73.0 Å². The lowest BCUT2D eigenvalue weighted by Crippen LogP contribution is -2.40. The molecular weight excluding hydrogens is 570 g/mol. The zero-order valence-electron chi connectivity index (χ0n) is 24.4. The quantitative estimate of drug-likeness (QED) is 0.273. The average molecular weight is 602 g/mol. The summed E-state index contributed by atoms with van der Waals surface area (Å²) in [6.07, 6.45) is 1.04. The predicted molar refractivity (Wildman–Crippen MR) is 168 cm³/mol. The molecule has 1 saturated heterocycles. The van der Waals surface area contributed by atoms with Crippen molar-refractivity contribution in [2.75, 3.05) is 25.2 Å². The first kappa shape index (κ1) is 27.1. The molecule has 226 valence electrons. The van der Waals surface area contributed by atoms with Gasteiger partial charge in [0.25, 0.3) is 11.8 Å². The summed E-state index contributed by atoms with van der Waals surface area (Å²) in [4.78, 5) is 46.2. The van der Waals surface area contributed by atoms with Crippen molar-refractivity contribution >= 4 is 28.5 Å². The van der Waals surface area contributed by atoms with E-state index in [0.29, 0.717) is 55.1 Å². The monoisotopic (exact) mass is 601 g/mol. The van der Waals surface area contributed by atoms with Crippen molar-refractivity contribution in [3.05, 3.63) is 124 Å². The van der Waals surface area contributed by atoms with Gasteiger partial charge in [-0.1, -0.05) is 36.4 Å². The second-order valence-electron chi connectivity index (χ2n) is 11.7. The minimum Gasteiger partial charge on any atom is -0.454 e. The molecule has 10 nitrogen and oxygen atoms in total. The van der Waals surface area contributed by atoms with E-state index in [9.17, 15) is 14.4 Å². The van der Waals surface area contributed by atoms with Crippen molar-refractivity contribution in [1.82, 2.24) is 19.4 Å². The maximum Gasteiger partial charge on any atom is 0.326 e. The Kier molecular flexibility index (Phi) is 6.55. The number of para-hydroxylation sites is 2. The Morgan fingerprint density at radius 3 is 2.47 bits per heavy atom. The summed E-state index contributed by atoms with van der Waals surface area (Å²) in [6.45, 7) is 1.73. The number of imidazole rings is 1. The Balaban J connectivity index is 0.961. The summed E-state index contributed by atoms with van der Waals surface area (Å²) in [7, 11) is 0. The number of carbonyl (C=O) groups is 2.